The normalized spacial score (nSPS) is 22.1. The van der Waals surface area contributed by atoms with Crippen molar-refractivity contribution in [1.82, 2.24) is 9.21 Å². The summed E-state index contributed by atoms with van der Waals surface area (Å²) < 4.78 is 27.7. The van der Waals surface area contributed by atoms with Gasteiger partial charge in [-0.25, -0.2) is 8.42 Å². The SMILES string of the molecule is CCC1CN(C)CCCN1S(=O)(=O)c1cc(N)ccc1C. The Kier molecular flexibility index (Phi) is 4.91. The van der Waals surface area contributed by atoms with Gasteiger partial charge >= 0.3 is 0 Å². The van der Waals surface area contributed by atoms with Gasteiger partial charge in [0.15, 0.2) is 0 Å². The first-order valence-electron chi connectivity index (χ1n) is 7.42. The molecule has 0 aliphatic carbocycles. The van der Waals surface area contributed by atoms with E-state index in [2.05, 4.69) is 4.90 Å². The molecule has 1 aliphatic rings. The van der Waals surface area contributed by atoms with Crippen LogP contribution >= 0.6 is 0 Å². The Morgan fingerprint density at radius 1 is 1.33 bits per heavy atom. The number of hydrogen-bond acceptors (Lipinski definition) is 4. The Labute approximate surface area is 127 Å². The summed E-state index contributed by atoms with van der Waals surface area (Å²) in [6.45, 7) is 6.13. The van der Waals surface area contributed by atoms with E-state index in [9.17, 15) is 8.42 Å². The van der Waals surface area contributed by atoms with E-state index in [0.717, 1.165) is 31.5 Å². The van der Waals surface area contributed by atoms with E-state index in [1.807, 2.05) is 20.9 Å². The summed E-state index contributed by atoms with van der Waals surface area (Å²) in [5.74, 6) is 0. The Morgan fingerprint density at radius 3 is 2.71 bits per heavy atom. The molecular weight excluding hydrogens is 286 g/mol. The maximum absolute atomic E-state index is 13.0. The number of aryl methyl sites for hydroxylation is 1. The fourth-order valence-corrected chi connectivity index (χ4v) is 4.88. The van der Waals surface area contributed by atoms with Gasteiger partial charge in [-0.1, -0.05) is 13.0 Å². The molecular formula is C15H25N3O2S. The second-order valence-electron chi connectivity index (χ2n) is 5.82. The molecule has 0 amide bonds. The third-order valence-electron chi connectivity index (χ3n) is 4.12. The molecule has 1 aliphatic heterocycles. The maximum atomic E-state index is 13.0. The van der Waals surface area contributed by atoms with Crippen molar-refractivity contribution in [2.24, 2.45) is 0 Å². The smallest absolute Gasteiger partial charge is 0.243 e. The van der Waals surface area contributed by atoms with Crippen LogP contribution in [0.15, 0.2) is 23.1 Å². The van der Waals surface area contributed by atoms with Crippen LogP contribution in [0.5, 0.6) is 0 Å². The van der Waals surface area contributed by atoms with Crippen molar-refractivity contribution >= 4 is 15.7 Å². The fourth-order valence-electron chi connectivity index (χ4n) is 2.89. The van der Waals surface area contributed by atoms with E-state index in [-0.39, 0.29) is 6.04 Å². The minimum atomic E-state index is -3.50. The molecule has 2 N–H and O–H groups in total. The van der Waals surface area contributed by atoms with E-state index in [0.29, 0.717) is 17.1 Å². The molecule has 0 spiro atoms. The van der Waals surface area contributed by atoms with Gasteiger partial charge in [-0.3, -0.25) is 0 Å². The average Bonchev–Trinajstić information content (AvgIpc) is 2.63. The van der Waals surface area contributed by atoms with Crippen LogP contribution in [-0.4, -0.2) is 50.3 Å². The first kappa shape index (κ1) is 16.3. The molecule has 1 atom stereocenters. The van der Waals surface area contributed by atoms with E-state index in [1.165, 1.54) is 0 Å². The highest BCUT2D eigenvalue weighted by molar-refractivity contribution is 7.89. The van der Waals surface area contributed by atoms with Crippen LogP contribution in [0.25, 0.3) is 0 Å². The zero-order chi connectivity index (χ0) is 15.6. The van der Waals surface area contributed by atoms with Gasteiger partial charge in [0.05, 0.1) is 4.90 Å². The van der Waals surface area contributed by atoms with Crippen LogP contribution in [0.3, 0.4) is 0 Å². The lowest BCUT2D eigenvalue weighted by atomic mass is 10.2. The molecule has 0 radical (unpaired) electrons. The second kappa shape index (κ2) is 6.34. The van der Waals surface area contributed by atoms with Gasteiger partial charge in [0.25, 0.3) is 0 Å². The van der Waals surface area contributed by atoms with Crippen LogP contribution < -0.4 is 5.73 Å². The standard InChI is InChI=1S/C15H25N3O2S/c1-4-14-11-17(3)8-5-9-18(14)21(19,20)15-10-13(16)7-6-12(15)2/h6-7,10,14H,4-5,8-9,11,16H2,1-3H3. The highest BCUT2D eigenvalue weighted by Crippen LogP contribution is 2.26. The molecule has 1 fully saturated rings. The molecule has 2 rings (SSSR count). The second-order valence-corrected chi connectivity index (χ2v) is 7.68. The summed E-state index contributed by atoms with van der Waals surface area (Å²) in [6, 6.07) is 5.10. The predicted octanol–water partition coefficient (Wildman–Crippen LogP) is 1.68. The van der Waals surface area contributed by atoms with Crippen molar-refractivity contribution in [2.45, 2.75) is 37.6 Å². The third-order valence-corrected chi connectivity index (χ3v) is 6.21. The lowest BCUT2D eigenvalue weighted by Crippen LogP contribution is -2.43. The number of hydrogen-bond donors (Lipinski definition) is 1. The molecule has 0 aromatic heterocycles. The van der Waals surface area contributed by atoms with Gasteiger partial charge in [0.2, 0.25) is 10.0 Å². The number of nitrogens with zero attached hydrogens (tertiary/aromatic N) is 2. The maximum Gasteiger partial charge on any atom is 0.243 e. The van der Waals surface area contributed by atoms with Crippen molar-refractivity contribution in [2.75, 3.05) is 32.4 Å². The highest BCUT2D eigenvalue weighted by atomic mass is 32.2. The summed E-state index contributed by atoms with van der Waals surface area (Å²) in [7, 11) is -1.45. The molecule has 118 valence electrons. The van der Waals surface area contributed by atoms with Gasteiger partial charge in [-0.2, -0.15) is 4.31 Å². The van der Waals surface area contributed by atoms with Crippen molar-refractivity contribution in [1.29, 1.82) is 0 Å². The van der Waals surface area contributed by atoms with Crippen LogP contribution in [-0.2, 0) is 10.0 Å². The van der Waals surface area contributed by atoms with Gasteiger partial charge in [-0.05, 0) is 51.1 Å². The van der Waals surface area contributed by atoms with Crippen LogP contribution in [0.4, 0.5) is 5.69 Å². The van der Waals surface area contributed by atoms with Crippen molar-refractivity contribution in [3.8, 4) is 0 Å². The fraction of sp³-hybridized carbons (Fsp3) is 0.600. The number of anilines is 1. The van der Waals surface area contributed by atoms with Crippen molar-refractivity contribution in [3.05, 3.63) is 23.8 Å². The summed E-state index contributed by atoms with van der Waals surface area (Å²) >= 11 is 0. The molecule has 1 saturated heterocycles. The molecule has 5 nitrogen and oxygen atoms in total. The molecule has 1 aromatic rings. The zero-order valence-corrected chi connectivity index (χ0v) is 13.9. The first-order chi connectivity index (χ1) is 9.86. The summed E-state index contributed by atoms with van der Waals surface area (Å²) in [5, 5.41) is 0. The van der Waals surface area contributed by atoms with E-state index >= 15 is 0 Å². The van der Waals surface area contributed by atoms with E-state index in [4.69, 9.17) is 5.73 Å². The Bertz CT molecular complexity index is 601. The molecule has 1 aromatic carbocycles. The highest BCUT2D eigenvalue weighted by Gasteiger charge is 2.33. The lowest BCUT2D eigenvalue weighted by molar-refractivity contribution is 0.270. The minimum Gasteiger partial charge on any atom is -0.399 e. The number of sulfonamides is 1. The Morgan fingerprint density at radius 2 is 2.05 bits per heavy atom. The lowest BCUT2D eigenvalue weighted by Gasteiger charge is -2.29. The Hall–Kier alpha value is -1.11. The largest absolute Gasteiger partial charge is 0.399 e. The minimum absolute atomic E-state index is 0.0170. The number of likely N-dealkylation sites (N-methyl/N-ethyl adjacent to an activating group) is 1. The van der Waals surface area contributed by atoms with E-state index < -0.39 is 10.0 Å². The number of nitrogens with two attached hydrogens (primary N) is 1. The number of benzene rings is 1. The molecule has 1 unspecified atom stereocenters. The van der Waals surface area contributed by atoms with Crippen LogP contribution in [0.1, 0.15) is 25.3 Å². The van der Waals surface area contributed by atoms with E-state index in [1.54, 1.807) is 22.5 Å². The van der Waals surface area contributed by atoms with Gasteiger partial charge in [0, 0.05) is 24.8 Å². The van der Waals surface area contributed by atoms with Crippen molar-refractivity contribution in [3.63, 3.8) is 0 Å². The molecule has 21 heavy (non-hydrogen) atoms. The van der Waals surface area contributed by atoms with Crippen LogP contribution in [0, 0.1) is 6.92 Å². The summed E-state index contributed by atoms with van der Waals surface area (Å²) in [5.41, 5.74) is 7.01. The van der Waals surface area contributed by atoms with Gasteiger partial charge in [-0.15, -0.1) is 0 Å². The molecule has 0 saturated carbocycles. The van der Waals surface area contributed by atoms with Gasteiger partial charge in [0.1, 0.15) is 0 Å². The Balaban J connectivity index is 2.43. The first-order valence-corrected chi connectivity index (χ1v) is 8.86. The quantitative estimate of drug-likeness (QED) is 0.863. The molecule has 0 bridgehead atoms. The average molecular weight is 311 g/mol. The molecule has 1 heterocycles. The zero-order valence-electron chi connectivity index (χ0n) is 13.0. The number of rotatable bonds is 3. The topological polar surface area (TPSA) is 66.6 Å². The van der Waals surface area contributed by atoms with Crippen molar-refractivity contribution < 1.29 is 8.42 Å². The van der Waals surface area contributed by atoms with Gasteiger partial charge < -0.3 is 10.6 Å². The molecule has 6 heteroatoms. The predicted molar refractivity (Wildman–Crippen MR) is 85.7 cm³/mol. The van der Waals surface area contributed by atoms with Crippen LogP contribution in [0.2, 0.25) is 0 Å². The third kappa shape index (κ3) is 3.39. The monoisotopic (exact) mass is 311 g/mol. The summed E-state index contributed by atoms with van der Waals surface area (Å²) in [6.07, 6.45) is 1.67. The number of nitrogen functional groups attached to an aromatic ring is 1. The summed E-state index contributed by atoms with van der Waals surface area (Å²) in [4.78, 5) is 2.54.